The molecule has 1 heterocycles. The summed E-state index contributed by atoms with van der Waals surface area (Å²) in [6.45, 7) is 2.03. The lowest BCUT2D eigenvalue weighted by molar-refractivity contribution is 0.414. The molecule has 0 amide bonds. The van der Waals surface area contributed by atoms with Crippen molar-refractivity contribution in [3.8, 4) is 17.1 Å². The van der Waals surface area contributed by atoms with Gasteiger partial charge in [-0.2, -0.15) is 14.9 Å². The highest BCUT2D eigenvalue weighted by Gasteiger charge is 2.09. The van der Waals surface area contributed by atoms with E-state index < -0.39 is 0 Å². The van der Waals surface area contributed by atoms with Gasteiger partial charge in [0.05, 0.1) is 7.11 Å². The Morgan fingerprint density at radius 3 is 2.72 bits per heavy atom. The molecule has 0 spiro atoms. The molecule has 0 atom stereocenters. The Labute approximate surface area is 151 Å². The summed E-state index contributed by atoms with van der Waals surface area (Å²) in [5.74, 6) is 1.50. The number of methoxy groups -OCH3 is 1. The van der Waals surface area contributed by atoms with Gasteiger partial charge in [-0.3, -0.25) is 0 Å². The van der Waals surface area contributed by atoms with Crippen LogP contribution in [-0.4, -0.2) is 28.2 Å². The largest absolute Gasteiger partial charge is 0.496 e. The minimum absolute atomic E-state index is 0.445. The standard InChI is InChI=1S/C19H18N4OS/c1-14-8-3-5-11-16(14)18-21-22-19(25)23(18)20-13-7-10-15-9-4-6-12-17(15)24-2/h3-13H,1-2H3,(H,22,25)/b10-7+,20-13+. The van der Waals surface area contributed by atoms with Crippen LogP contribution in [0.4, 0.5) is 0 Å². The molecule has 0 saturated heterocycles. The van der Waals surface area contributed by atoms with Crippen LogP contribution in [0, 0.1) is 11.7 Å². The number of nitrogens with one attached hydrogen (secondary N) is 1. The number of hydrogen-bond acceptors (Lipinski definition) is 4. The minimum Gasteiger partial charge on any atom is -0.496 e. The molecule has 0 saturated carbocycles. The van der Waals surface area contributed by atoms with E-state index in [1.54, 1.807) is 18.0 Å². The lowest BCUT2D eigenvalue weighted by Gasteiger charge is -2.04. The van der Waals surface area contributed by atoms with Gasteiger partial charge in [0.25, 0.3) is 0 Å². The molecule has 1 N–H and O–H groups in total. The molecule has 3 aromatic rings. The highest BCUT2D eigenvalue weighted by Crippen LogP contribution is 2.21. The zero-order valence-electron chi connectivity index (χ0n) is 14.0. The van der Waals surface area contributed by atoms with Crippen molar-refractivity contribution in [2.45, 2.75) is 6.92 Å². The van der Waals surface area contributed by atoms with Gasteiger partial charge in [-0.15, -0.1) is 0 Å². The summed E-state index contributed by atoms with van der Waals surface area (Å²) in [6.07, 6.45) is 5.45. The number of aryl methyl sites for hydroxylation is 1. The second kappa shape index (κ2) is 7.72. The van der Waals surface area contributed by atoms with Crippen molar-refractivity contribution < 1.29 is 4.74 Å². The first kappa shape index (κ1) is 16.9. The van der Waals surface area contributed by atoms with Crippen molar-refractivity contribution >= 4 is 24.5 Å². The van der Waals surface area contributed by atoms with Gasteiger partial charge in [-0.25, -0.2) is 5.10 Å². The Kier molecular flexibility index (Phi) is 5.20. The fourth-order valence-corrected chi connectivity index (χ4v) is 2.63. The number of H-pyrrole nitrogens is 1. The van der Waals surface area contributed by atoms with Gasteiger partial charge in [0, 0.05) is 17.3 Å². The molecule has 5 nitrogen and oxygen atoms in total. The minimum atomic E-state index is 0.445. The quantitative estimate of drug-likeness (QED) is 0.545. The number of aromatic amines is 1. The summed E-state index contributed by atoms with van der Waals surface area (Å²) in [4.78, 5) is 0. The molecule has 0 radical (unpaired) electrons. The average molecular weight is 350 g/mol. The first-order chi connectivity index (χ1) is 12.2. The maximum absolute atomic E-state index is 5.32. The smallest absolute Gasteiger partial charge is 0.216 e. The summed E-state index contributed by atoms with van der Waals surface area (Å²) >= 11 is 5.29. The predicted octanol–water partition coefficient (Wildman–Crippen LogP) is 4.47. The lowest BCUT2D eigenvalue weighted by atomic mass is 10.1. The fraction of sp³-hybridized carbons (Fsp3) is 0.105. The van der Waals surface area contributed by atoms with E-state index >= 15 is 0 Å². The van der Waals surface area contributed by atoms with Crippen LogP contribution in [0.5, 0.6) is 5.75 Å². The number of hydrogen-bond donors (Lipinski definition) is 1. The van der Waals surface area contributed by atoms with Crippen LogP contribution in [0.25, 0.3) is 17.5 Å². The van der Waals surface area contributed by atoms with Gasteiger partial charge >= 0.3 is 0 Å². The Balaban J connectivity index is 1.88. The van der Waals surface area contributed by atoms with Gasteiger partial charge < -0.3 is 4.74 Å². The normalized spacial score (nSPS) is 11.4. The molecule has 0 fully saturated rings. The summed E-state index contributed by atoms with van der Waals surface area (Å²) in [5.41, 5.74) is 3.07. The molecular formula is C19H18N4OS. The van der Waals surface area contributed by atoms with Gasteiger partial charge in [-0.05, 0) is 42.9 Å². The first-order valence-electron chi connectivity index (χ1n) is 7.78. The Morgan fingerprint density at radius 2 is 1.92 bits per heavy atom. The molecule has 0 aliphatic rings. The maximum Gasteiger partial charge on any atom is 0.216 e. The third-order valence-electron chi connectivity index (χ3n) is 3.72. The average Bonchev–Trinajstić information content (AvgIpc) is 3.00. The zero-order valence-corrected chi connectivity index (χ0v) is 14.8. The first-order valence-corrected chi connectivity index (χ1v) is 8.19. The second-order valence-corrected chi connectivity index (χ2v) is 5.73. The Bertz CT molecular complexity index is 985. The lowest BCUT2D eigenvalue weighted by Crippen LogP contribution is -1.95. The summed E-state index contributed by atoms with van der Waals surface area (Å²) < 4.78 is 7.38. The van der Waals surface area contributed by atoms with Crippen molar-refractivity contribution in [2.24, 2.45) is 5.10 Å². The van der Waals surface area contributed by atoms with Crippen molar-refractivity contribution in [3.05, 3.63) is 70.5 Å². The number of ether oxygens (including phenoxy) is 1. The van der Waals surface area contributed by atoms with Crippen molar-refractivity contribution in [1.82, 2.24) is 14.9 Å². The second-order valence-electron chi connectivity index (χ2n) is 5.34. The topological polar surface area (TPSA) is 55.2 Å². The van der Waals surface area contributed by atoms with E-state index in [2.05, 4.69) is 15.3 Å². The molecule has 0 aliphatic carbocycles. The van der Waals surface area contributed by atoms with E-state index in [0.29, 0.717) is 10.6 Å². The monoisotopic (exact) mass is 350 g/mol. The van der Waals surface area contributed by atoms with E-state index in [4.69, 9.17) is 17.0 Å². The van der Waals surface area contributed by atoms with Crippen LogP contribution in [-0.2, 0) is 0 Å². The van der Waals surface area contributed by atoms with Gasteiger partial charge in [-0.1, -0.05) is 42.5 Å². The van der Waals surface area contributed by atoms with Crippen molar-refractivity contribution in [2.75, 3.05) is 7.11 Å². The number of benzene rings is 2. The van der Waals surface area contributed by atoms with E-state index in [-0.39, 0.29) is 0 Å². The van der Waals surface area contributed by atoms with E-state index in [9.17, 15) is 0 Å². The molecule has 25 heavy (non-hydrogen) atoms. The summed E-state index contributed by atoms with van der Waals surface area (Å²) in [6, 6.07) is 15.8. The van der Waals surface area contributed by atoms with Crippen LogP contribution in [0.3, 0.4) is 0 Å². The molecule has 3 rings (SSSR count). The number of allylic oxidation sites excluding steroid dienone is 1. The SMILES string of the molecule is COc1ccccc1/C=C/C=N/n1c(-c2ccccc2C)n[nH]c1=S. The van der Waals surface area contributed by atoms with Gasteiger partial charge in [0.1, 0.15) is 5.75 Å². The number of para-hydroxylation sites is 1. The highest BCUT2D eigenvalue weighted by atomic mass is 32.1. The molecule has 0 aliphatic heterocycles. The van der Waals surface area contributed by atoms with Crippen molar-refractivity contribution in [3.63, 3.8) is 0 Å². The predicted molar refractivity (Wildman–Crippen MR) is 104 cm³/mol. The third kappa shape index (κ3) is 3.75. The number of rotatable bonds is 5. The third-order valence-corrected chi connectivity index (χ3v) is 3.98. The van der Waals surface area contributed by atoms with Gasteiger partial charge in [0.2, 0.25) is 4.77 Å². The van der Waals surface area contributed by atoms with Crippen LogP contribution in [0.2, 0.25) is 0 Å². The van der Waals surface area contributed by atoms with E-state index in [0.717, 1.165) is 22.4 Å². The molecule has 2 aromatic carbocycles. The van der Waals surface area contributed by atoms with E-state index in [1.807, 2.05) is 67.6 Å². The molecule has 126 valence electrons. The van der Waals surface area contributed by atoms with Crippen LogP contribution >= 0.6 is 12.2 Å². The summed E-state index contributed by atoms with van der Waals surface area (Å²) in [5, 5.41) is 11.5. The van der Waals surface area contributed by atoms with Crippen LogP contribution in [0.15, 0.2) is 59.7 Å². The molecule has 0 unspecified atom stereocenters. The maximum atomic E-state index is 5.32. The molecule has 0 bridgehead atoms. The van der Waals surface area contributed by atoms with E-state index in [1.165, 1.54) is 0 Å². The van der Waals surface area contributed by atoms with Crippen LogP contribution in [0.1, 0.15) is 11.1 Å². The van der Waals surface area contributed by atoms with Gasteiger partial charge in [0.15, 0.2) is 5.82 Å². The number of nitrogens with zero attached hydrogens (tertiary/aromatic N) is 3. The molecule has 1 aromatic heterocycles. The fourth-order valence-electron chi connectivity index (χ4n) is 2.45. The number of aromatic nitrogens is 3. The van der Waals surface area contributed by atoms with Crippen LogP contribution < -0.4 is 4.74 Å². The zero-order chi connectivity index (χ0) is 17.6. The molecule has 6 heteroatoms. The molecular weight excluding hydrogens is 332 g/mol. The summed E-state index contributed by atoms with van der Waals surface area (Å²) in [7, 11) is 1.65. The Hall–Kier alpha value is -2.99. The van der Waals surface area contributed by atoms with Crippen molar-refractivity contribution in [1.29, 1.82) is 0 Å². The highest BCUT2D eigenvalue weighted by molar-refractivity contribution is 7.71. The Morgan fingerprint density at radius 1 is 1.16 bits per heavy atom.